The molecule has 1 aliphatic heterocycles. The van der Waals surface area contributed by atoms with Crippen molar-refractivity contribution >= 4 is 11.9 Å². The third kappa shape index (κ3) is 0.885. The Morgan fingerprint density at radius 1 is 1.36 bits per heavy atom. The lowest BCUT2D eigenvalue weighted by Crippen LogP contribution is -2.43. The average molecular weight is 196 g/mol. The number of fused-ring (bicyclic) bond motifs is 1. The zero-order chi connectivity index (χ0) is 9.87. The quantitative estimate of drug-likeness (QED) is 0.626. The Morgan fingerprint density at radius 2 is 2.14 bits per heavy atom. The molecule has 2 bridgehead atoms. The van der Waals surface area contributed by atoms with Crippen molar-refractivity contribution in [1.82, 2.24) is 0 Å². The van der Waals surface area contributed by atoms with E-state index in [1.807, 2.05) is 0 Å². The molecule has 3 aliphatic rings. The molecule has 2 saturated carbocycles. The summed E-state index contributed by atoms with van der Waals surface area (Å²) in [5, 5.41) is 9.08. The van der Waals surface area contributed by atoms with Gasteiger partial charge in [0.05, 0.1) is 5.92 Å². The molecule has 0 amide bonds. The second-order valence-electron chi connectivity index (χ2n) is 4.66. The first-order chi connectivity index (χ1) is 6.66. The van der Waals surface area contributed by atoms with E-state index in [0.29, 0.717) is 12.3 Å². The van der Waals surface area contributed by atoms with Crippen molar-refractivity contribution in [2.24, 2.45) is 23.7 Å². The monoisotopic (exact) mass is 196 g/mol. The normalized spacial score (nSPS) is 49.1. The van der Waals surface area contributed by atoms with Gasteiger partial charge in [0.1, 0.15) is 6.10 Å². The van der Waals surface area contributed by atoms with E-state index < -0.39 is 5.97 Å². The van der Waals surface area contributed by atoms with Crippen LogP contribution < -0.4 is 0 Å². The molecule has 5 unspecified atom stereocenters. The van der Waals surface area contributed by atoms with Crippen LogP contribution in [-0.2, 0) is 14.3 Å². The van der Waals surface area contributed by atoms with Gasteiger partial charge in [-0.05, 0) is 24.7 Å². The summed E-state index contributed by atoms with van der Waals surface area (Å²) in [5.41, 5.74) is 0. The molecule has 1 N–H and O–H groups in total. The minimum absolute atomic E-state index is 0.0295. The van der Waals surface area contributed by atoms with Gasteiger partial charge in [-0.3, -0.25) is 9.59 Å². The molecule has 4 heteroatoms. The van der Waals surface area contributed by atoms with E-state index in [2.05, 4.69) is 0 Å². The Kier molecular flexibility index (Phi) is 1.47. The van der Waals surface area contributed by atoms with Gasteiger partial charge in [0, 0.05) is 12.3 Å². The van der Waals surface area contributed by atoms with Gasteiger partial charge in [-0.2, -0.15) is 0 Å². The van der Waals surface area contributed by atoms with Gasteiger partial charge in [0.2, 0.25) is 0 Å². The van der Waals surface area contributed by atoms with Gasteiger partial charge in [-0.15, -0.1) is 0 Å². The molecule has 0 aromatic carbocycles. The van der Waals surface area contributed by atoms with E-state index in [0.717, 1.165) is 12.8 Å². The SMILES string of the molecule is O=C1CC2C3CC(CC3O1)C2C(=O)O. The Labute approximate surface area is 81.2 Å². The van der Waals surface area contributed by atoms with Crippen LogP contribution in [0.2, 0.25) is 0 Å². The van der Waals surface area contributed by atoms with Crippen molar-refractivity contribution in [2.75, 3.05) is 0 Å². The zero-order valence-electron chi connectivity index (χ0n) is 7.68. The fourth-order valence-electron chi connectivity index (χ4n) is 3.64. The van der Waals surface area contributed by atoms with Crippen LogP contribution in [0.25, 0.3) is 0 Å². The van der Waals surface area contributed by atoms with E-state index in [-0.39, 0.29) is 29.8 Å². The molecule has 1 heterocycles. The fourth-order valence-corrected chi connectivity index (χ4v) is 3.64. The van der Waals surface area contributed by atoms with E-state index in [1.54, 1.807) is 0 Å². The van der Waals surface area contributed by atoms with Crippen LogP contribution in [0.1, 0.15) is 19.3 Å². The van der Waals surface area contributed by atoms with Crippen molar-refractivity contribution in [2.45, 2.75) is 25.4 Å². The number of carboxylic acids is 1. The number of hydrogen-bond donors (Lipinski definition) is 1. The number of carboxylic acid groups (broad SMARTS) is 1. The smallest absolute Gasteiger partial charge is 0.307 e. The standard InChI is InChI=1S/C10H12O4/c11-8-3-6-5-1-4(2-7(5)14-8)9(6)10(12)13/h4-7,9H,1-3H2,(H,12,13). The summed E-state index contributed by atoms with van der Waals surface area (Å²) in [6.45, 7) is 0. The Bertz CT molecular complexity index is 311. The van der Waals surface area contributed by atoms with Gasteiger partial charge in [-0.1, -0.05) is 0 Å². The maximum atomic E-state index is 11.2. The number of ether oxygens (including phenoxy) is 1. The van der Waals surface area contributed by atoms with Crippen LogP contribution in [0, 0.1) is 23.7 Å². The molecule has 5 atom stereocenters. The predicted octanol–water partition coefficient (Wildman–Crippen LogP) is 0.659. The molecule has 4 nitrogen and oxygen atoms in total. The minimum Gasteiger partial charge on any atom is -0.481 e. The second kappa shape index (κ2) is 2.49. The van der Waals surface area contributed by atoms with Crippen LogP contribution in [-0.4, -0.2) is 23.1 Å². The lowest BCUT2D eigenvalue weighted by molar-refractivity contribution is -0.168. The average Bonchev–Trinajstić information content (AvgIpc) is 2.58. The van der Waals surface area contributed by atoms with Crippen LogP contribution in [0.4, 0.5) is 0 Å². The summed E-state index contributed by atoms with van der Waals surface area (Å²) in [7, 11) is 0. The van der Waals surface area contributed by atoms with Crippen LogP contribution in [0.5, 0.6) is 0 Å². The van der Waals surface area contributed by atoms with E-state index >= 15 is 0 Å². The molecule has 2 aliphatic carbocycles. The Balaban J connectivity index is 1.93. The highest BCUT2D eigenvalue weighted by Gasteiger charge is 2.59. The fraction of sp³-hybridized carbons (Fsp3) is 0.800. The molecule has 0 aromatic heterocycles. The van der Waals surface area contributed by atoms with Crippen molar-refractivity contribution < 1.29 is 19.4 Å². The minimum atomic E-state index is -0.726. The first-order valence-corrected chi connectivity index (χ1v) is 5.09. The summed E-state index contributed by atoms with van der Waals surface area (Å²) in [4.78, 5) is 22.2. The predicted molar refractivity (Wildman–Crippen MR) is 45.3 cm³/mol. The summed E-state index contributed by atoms with van der Waals surface area (Å²) in [5.74, 6) is -0.584. The number of hydrogen-bond acceptors (Lipinski definition) is 3. The van der Waals surface area contributed by atoms with E-state index in [4.69, 9.17) is 9.84 Å². The molecule has 0 spiro atoms. The molecule has 1 saturated heterocycles. The number of esters is 1. The highest BCUT2D eigenvalue weighted by Crippen LogP contribution is 2.56. The summed E-state index contributed by atoms with van der Waals surface area (Å²) in [6.07, 6.45) is 2.06. The molecule has 14 heavy (non-hydrogen) atoms. The van der Waals surface area contributed by atoms with Crippen LogP contribution in [0.15, 0.2) is 0 Å². The maximum absolute atomic E-state index is 11.2. The van der Waals surface area contributed by atoms with Crippen molar-refractivity contribution in [3.05, 3.63) is 0 Å². The van der Waals surface area contributed by atoms with Crippen molar-refractivity contribution in [3.63, 3.8) is 0 Å². The first-order valence-electron chi connectivity index (χ1n) is 5.09. The topological polar surface area (TPSA) is 63.6 Å². The zero-order valence-corrected chi connectivity index (χ0v) is 7.68. The van der Waals surface area contributed by atoms with Crippen molar-refractivity contribution in [1.29, 1.82) is 0 Å². The highest BCUT2D eigenvalue weighted by molar-refractivity contribution is 5.76. The molecular weight excluding hydrogens is 184 g/mol. The third-order valence-corrected chi connectivity index (χ3v) is 4.08. The highest BCUT2D eigenvalue weighted by atomic mass is 16.5. The number of carbonyl (C=O) groups excluding carboxylic acids is 1. The Hall–Kier alpha value is -1.06. The Morgan fingerprint density at radius 3 is 2.86 bits per heavy atom. The number of rotatable bonds is 1. The number of carbonyl (C=O) groups is 2. The largest absolute Gasteiger partial charge is 0.481 e. The molecule has 0 radical (unpaired) electrons. The summed E-state index contributed by atoms with van der Waals surface area (Å²) in [6, 6.07) is 0. The van der Waals surface area contributed by atoms with E-state index in [1.165, 1.54) is 0 Å². The van der Waals surface area contributed by atoms with Gasteiger partial charge < -0.3 is 9.84 Å². The van der Waals surface area contributed by atoms with Crippen LogP contribution in [0.3, 0.4) is 0 Å². The lowest BCUT2D eigenvalue weighted by Gasteiger charge is -2.37. The first kappa shape index (κ1) is 8.26. The molecule has 76 valence electrons. The van der Waals surface area contributed by atoms with Gasteiger partial charge in [-0.25, -0.2) is 0 Å². The van der Waals surface area contributed by atoms with Gasteiger partial charge >= 0.3 is 11.9 Å². The van der Waals surface area contributed by atoms with Gasteiger partial charge in [0.15, 0.2) is 0 Å². The lowest BCUT2D eigenvalue weighted by atomic mass is 9.75. The van der Waals surface area contributed by atoms with E-state index in [9.17, 15) is 9.59 Å². The summed E-state index contributed by atoms with van der Waals surface area (Å²) < 4.78 is 5.21. The summed E-state index contributed by atoms with van der Waals surface area (Å²) >= 11 is 0. The second-order valence-corrected chi connectivity index (χ2v) is 4.66. The number of aliphatic carboxylic acids is 1. The maximum Gasteiger partial charge on any atom is 0.307 e. The van der Waals surface area contributed by atoms with Gasteiger partial charge in [0.25, 0.3) is 0 Å². The molecule has 3 rings (SSSR count). The third-order valence-electron chi connectivity index (χ3n) is 4.08. The van der Waals surface area contributed by atoms with Crippen molar-refractivity contribution in [3.8, 4) is 0 Å². The molecule has 3 fully saturated rings. The van der Waals surface area contributed by atoms with Crippen LogP contribution >= 0.6 is 0 Å². The molecule has 0 aromatic rings. The molecular formula is C10H12O4.